The van der Waals surface area contributed by atoms with Crippen LogP contribution in [0.3, 0.4) is 0 Å². The van der Waals surface area contributed by atoms with Gasteiger partial charge in [0, 0.05) is 24.9 Å². The van der Waals surface area contributed by atoms with Crippen LogP contribution >= 0.6 is 0 Å². The first-order valence-corrected chi connectivity index (χ1v) is 9.10. The lowest BCUT2D eigenvalue weighted by Gasteiger charge is -2.34. The van der Waals surface area contributed by atoms with E-state index >= 15 is 0 Å². The second-order valence-electron chi connectivity index (χ2n) is 6.85. The monoisotopic (exact) mass is 381 g/mol. The van der Waals surface area contributed by atoms with E-state index in [4.69, 9.17) is 10.4 Å². The van der Waals surface area contributed by atoms with Crippen LogP contribution in [0.15, 0.2) is 36.9 Å². The summed E-state index contributed by atoms with van der Waals surface area (Å²) >= 11 is 0. The number of fused-ring (bicyclic) bond motifs is 2. The highest BCUT2D eigenvalue weighted by Crippen LogP contribution is 2.36. The fourth-order valence-electron chi connectivity index (χ4n) is 3.81. The molecule has 4 aromatic rings. The standard InChI is InChI=1S/C20H15N9/c1-12-3-2-5-29-17(12)7-14(27-29)20-19-13(24-11-25-19)4-6-28(20)18-10-23-15(8-21)16(9-22)26-18/h2-3,5,7,10-11,20H,4,6H2,1H3,(H,24,25)/t20-/m1/s1. The minimum Gasteiger partial charge on any atom is -0.348 e. The highest BCUT2D eigenvalue weighted by molar-refractivity contribution is 5.58. The molecule has 0 aromatic carbocycles. The van der Waals surface area contributed by atoms with Gasteiger partial charge in [-0.25, -0.2) is 19.5 Å². The fourth-order valence-corrected chi connectivity index (χ4v) is 3.81. The molecule has 1 aliphatic heterocycles. The molecule has 0 bridgehead atoms. The maximum atomic E-state index is 9.35. The van der Waals surface area contributed by atoms with Gasteiger partial charge in [0.2, 0.25) is 0 Å². The fraction of sp³-hybridized carbons (Fsp3) is 0.200. The van der Waals surface area contributed by atoms with Gasteiger partial charge in [-0.3, -0.25) is 0 Å². The highest BCUT2D eigenvalue weighted by atomic mass is 15.3. The van der Waals surface area contributed by atoms with E-state index in [1.807, 2.05) is 46.8 Å². The number of pyridine rings is 1. The largest absolute Gasteiger partial charge is 0.348 e. The van der Waals surface area contributed by atoms with Crippen molar-refractivity contribution in [1.82, 2.24) is 29.5 Å². The lowest BCUT2D eigenvalue weighted by atomic mass is 9.99. The Balaban J connectivity index is 1.68. The molecule has 0 aliphatic carbocycles. The number of nitrogens with one attached hydrogen (secondary N) is 1. The molecule has 29 heavy (non-hydrogen) atoms. The van der Waals surface area contributed by atoms with E-state index in [0.29, 0.717) is 12.4 Å². The third-order valence-corrected chi connectivity index (χ3v) is 5.20. The Morgan fingerprint density at radius 3 is 2.86 bits per heavy atom. The number of aromatic nitrogens is 6. The summed E-state index contributed by atoms with van der Waals surface area (Å²) in [6, 6.07) is 9.65. The van der Waals surface area contributed by atoms with Crippen LogP contribution in [0.4, 0.5) is 5.82 Å². The van der Waals surface area contributed by atoms with Gasteiger partial charge in [0.15, 0.2) is 11.4 Å². The van der Waals surface area contributed by atoms with Crippen LogP contribution < -0.4 is 4.90 Å². The molecule has 9 nitrogen and oxygen atoms in total. The Morgan fingerprint density at radius 1 is 1.21 bits per heavy atom. The summed E-state index contributed by atoms with van der Waals surface area (Å²) in [5.41, 5.74) is 4.95. The second-order valence-corrected chi connectivity index (χ2v) is 6.85. The third kappa shape index (κ3) is 2.60. The Hall–Kier alpha value is -4.24. The summed E-state index contributed by atoms with van der Waals surface area (Å²) in [5.74, 6) is 0.521. The molecule has 0 saturated heterocycles. The van der Waals surface area contributed by atoms with Gasteiger partial charge in [-0.2, -0.15) is 15.6 Å². The summed E-state index contributed by atoms with van der Waals surface area (Å²) in [4.78, 5) is 18.3. The van der Waals surface area contributed by atoms with Crippen molar-refractivity contribution in [2.24, 2.45) is 0 Å². The Labute approximate surface area is 165 Å². The van der Waals surface area contributed by atoms with Gasteiger partial charge >= 0.3 is 0 Å². The zero-order valence-electron chi connectivity index (χ0n) is 15.5. The van der Waals surface area contributed by atoms with Crippen LogP contribution in [0.1, 0.15) is 40.1 Å². The summed E-state index contributed by atoms with van der Waals surface area (Å²) in [6.07, 6.45) is 5.89. The molecule has 0 amide bonds. The maximum Gasteiger partial charge on any atom is 0.179 e. The van der Waals surface area contributed by atoms with Crippen molar-refractivity contribution in [3.05, 3.63) is 71.0 Å². The number of nitrogens with zero attached hydrogens (tertiary/aromatic N) is 8. The van der Waals surface area contributed by atoms with E-state index in [-0.39, 0.29) is 17.4 Å². The van der Waals surface area contributed by atoms with Crippen LogP contribution in [0.5, 0.6) is 0 Å². The molecule has 0 unspecified atom stereocenters. The topological polar surface area (TPSA) is 123 Å². The molecular weight excluding hydrogens is 366 g/mol. The summed E-state index contributed by atoms with van der Waals surface area (Å²) in [7, 11) is 0. The molecule has 1 N–H and O–H groups in total. The van der Waals surface area contributed by atoms with Gasteiger partial charge in [-0.1, -0.05) is 6.07 Å². The van der Waals surface area contributed by atoms with Crippen LogP contribution in [0.2, 0.25) is 0 Å². The van der Waals surface area contributed by atoms with Gasteiger partial charge < -0.3 is 9.88 Å². The first kappa shape index (κ1) is 16.9. The van der Waals surface area contributed by atoms with Gasteiger partial charge in [0.25, 0.3) is 0 Å². The van der Waals surface area contributed by atoms with E-state index in [9.17, 15) is 5.26 Å². The number of nitriles is 2. The van der Waals surface area contributed by atoms with Crippen LogP contribution in [-0.4, -0.2) is 36.1 Å². The molecule has 1 atom stereocenters. The lowest BCUT2D eigenvalue weighted by Crippen LogP contribution is -2.37. The number of rotatable bonds is 2. The van der Waals surface area contributed by atoms with Crippen molar-refractivity contribution in [2.75, 3.05) is 11.4 Å². The van der Waals surface area contributed by atoms with Crippen molar-refractivity contribution >= 4 is 11.3 Å². The molecule has 5 rings (SSSR count). The molecule has 140 valence electrons. The number of hydrogen-bond donors (Lipinski definition) is 1. The van der Waals surface area contributed by atoms with Gasteiger partial charge in [0.05, 0.1) is 29.4 Å². The first-order valence-electron chi connectivity index (χ1n) is 9.10. The van der Waals surface area contributed by atoms with E-state index in [2.05, 4.69) is 26.0 Å². The number of anilines is 1. The molecule has 0 spiro atoms. The number of hydrogen-bond acceptors (Lipinski definition) is 7. The SMILES string of the molecule is Cc1cccn2nc([C@@H]3c4nc[nH]c4CCN3c3cnc(C#N)c(C#N)n3)cc12. The minimum atomic E-state index is -0.280. The predicted octanol–water partition coefficient (Wildman–Crippen LogP) is 2.05. The first-order chi connectivity index (χ1) is 14.2. The van der Waals surface area contributed by atoms with Crippen LogP contribution in [-0.2, 0) is 6.42 Å². The van der Waals surface area contributed by atoms with Gasteiger partial charge in [-0.15, -0.1) is 0 Å². The molecule has 0 saturated carbocycles. The lowest BCUT2D eigenvalue weighted by molar-refractivity contribution is 0.609. The van der Waals surface area contributed by atoms with E-state index in [1.165, 1.54) is 6.20 Å². The number of imidazole rings is 1. The molecule has 0 radical (unpaired) electrons. The maximum absolute atomic E-state index is 9.35. The Bertz CT molecular complexity index is 1320. The molecule has 4 aromatic heterocycles. The van der Waals surface area contributed by atoms with Crippen LogP contribution in [0.25, 0.3) is 5.52 Å². The quantitative estimate of drug-likeness (QED) is 0.564. The second kappa shape index (κ2) is 6.43. The zero-order chi connectivity index (χ0) is 20.0. The van der Waals surface area contributed by atoms with E-state index < -0.39 is 0 Å². The number of aromatic amines is 1. The third-order valence-electron chi connectivity index (χ3n) is 5.20. The molecular formula is C20H15N9. The molecule has 5 heterocycles. The van der Waals surface area contributed by atoms with E-state index in [0.717, 1.165) is 34.6 Å². The zero-order valence-corrected chi connectivity index (χ0v) is 15.5. The van der Waals surface area contributed by atoms with E-state index in [1.54, 1.807) is 6.33 Å². The van der Waals surface area contributed by atoms with Crippen molar-refractivity contribution in [2.45, 2.75) is 19.4 Å². The average Bonchev–Trinajstić information content (AvgIpc) is 3.40. The Kier molecular flexibility index (Phi) is 3.75. The average molecular weight is 381 g/mol. The number of H-pyrrole nitrogens is 1. The van der Waals surface area contributed by atoms with Crippen molar-refractivity contribution < 1.29 is 0 Å². The van der Waals surface area contributed by atoms with Crippen molar-refractivity contribution in [3.8, 4) is 12.1 Å². The molecule has 0 fully saturated rings. The Morgan fingerprint density at radius 2 is 2.07 bits per heavy atom. The minimum absolute atomic E-state index is 0.0161. The predicted molar refractivity (Wildman–Crippen MR) is 103 cm³/mol. The van der Waals surface area contributed by atoms with Crippen molar-refractivity contribution in [1.29, 1.82) is 10.5 Å². The van der Waals surface area contributed by atoms with Crippen molar-refractivity contribution in [3.63, 3.8) is 0 Å². The van der Waals surface area contributed by atoms with Gasteiger partial charge in [0.1, 0.15) is 24.0 Å². The summed E-state index contributed by atoms with van der Waals surface area (Å²) in [5, 5.41) is 23.3. The normalized spacial score (nSPS) is 15.7. The summed E-state index contributed by atoms with van der Waals surface area (Å²) < 4.78 is 1.86. The number of aryl methyl sites for hydroxylation is 1. The molecule has 1 aliphatic rings. The van der Waals surface area contributed by atoms with Gasteiger partial charge in [-0.05, 0) is 24.6 Å². The summed E-state index contributed by atoms with van der Waals surface area (Å²) in [6.45, 7) is 2.70. The van der Waals surface area contributed by atoms with Crippen LogP contribution in [0, 0.1) is 29.6 Å². The smallest absolute Gasteiger partial charge is 0.179 e. The molecule has 9 heteroatoms. The highest BCUT2D eigenvalue weighted by Gasteiger charge is 2.34.